The van der Waals surface area contributed by atoms with E-state index in [0.29, 0.717) is 18.5 Å². The summed E-state index contributed by atoms with van der Waals surface area (Å²) in [5.41, 5.74) is 0. The van der Waals surface area contributed by atoms with Gasteiger partial charge in [-0.05, 0) is 24.7 Å². The largest absolute Gasteiger partial charge is 0.392 e. The fraction of sp³-hybridized carbons (Fsp3) is 1.00. The number of hydrogen-bond acceptors (Lipinski definition) is 3. The molecule has 1 saturated carbocycles. The van der Waals surface area contributed by atoms with Gasteiger partial charge in [-0.25, -0.2) is 0 Å². The van der Waals surface area contributed by atoms with Crippen molar-refractivity contribution in [1.29, 1.82) is 0 Å². The number of aliphatic hydroxyl groups excluding tert-OH is 1. The summed E-state index contributed by atoms with van der Waals surface area (Å²) < 4.78 is 5.21. The van der Waals surface area contributed by atoms with Crippen LogP contribution in [0.2, 0.25) is 0 Å². The Labute approximate surface area is 99.6 Å². The quantitative estimate of drug-likeness (QED) is 0.633. The van der Waals surface area contributed by atoms with E-state index in [0.717, 1.165) is 25.4 Å². The summed E-state index contributed by atoms with van der Waals surface area (Å²) in [7, 11) is 1.74. The van der Waals surface area contributed by atoms with Crippen LogP contribution in [0.25, 0.3) is 0 Å². The minimum atomic E-state index is -0.215. The standard InChI is InChI=1S/C13H27NO2/c1-4-10(5-2)13(15)8-14-12(9-16-3)11-6-7-11/h10-15H,4-9H2,1-3H3. The summed E-state index contributed by atoms with van der Waals surface area (Å²) >= 11 is 0. The van der Waals surface area contributed by atoms with Gasteiger partial charge in [0.1, 0.15) is 0 Å². The van der Waals surface area contributed by atoms with E-state index in [1.807, 2.05) is 0 Å². The van der Waals surface area contributed by atoms with E-state index in [1.54, 1.807) is 7.11 Å². The molecule has 2 unspecified atom stereocenters. The first-order chi connectivity index (χ1) is 7.72. The fourth-order valence-electron chi connectivity index (χ4n) is 2.31. The zero-order chi connectivity index (χ0) is 12.0. The van der Waals surface area contributed by atoms with Crippen molar-refractivity contribution in [3.05, 3.63) is 0 Å². The lowest BCUT2D eigenvalue weighted by Gasteiger charge is -2.24. The monoisotopic (exact) mass is 229 g/mol. The van der Waals surface area contributed by atoms with Gasteiger partial charge < -0.3 is 15.2 Å². The summed E-state index contributed by atoms with van der Waals surface area (Å²) in [6, 6.07) is 0.439. The number of nitrogens with one attached hydrogen (secondary N) is 1. The smallest absolute Gasteiger partial charge is 0.0692 e. The lowest BCUT2D eigenvalue weighted by Crippen LogP contribution is -2.42. The molecule has 2 atom stereocenters. The van der Waals surface area contributed by atoms with Crippen molar-refractivity contribution >= 4 is 0 Å². The first-order valence-corrected chi connectivity index (χ1v) is 6.63. The van der Waals surface area contributed by atoms with Crippen molar-refractivity contribution in [2.24, 2.45) is 11.8 Å². The first kappa shape index (κ1) is 13.9. The Kier molecular flexibility index (Phi) is 6.32. The predicted molar refractivity (Wildman–Crippen MR) is 66.5 cm³/mol. The van der Waals surface area contributed by atoms with Crippen LogP contribution < -0.4 is 5.32 Å². The summed E-state index contributed by atoms with van der Waals surface area (Å²) in [6.07, 6.45) is 4.51. The maximum Gasteiger partial charge on any atom is 0.0692 e. The molecule has 1 fully saturated rings. The van der Waals surface area contributed by atoms with Crippen LogP contribution in [0.15, 0.2) is 0 Å². The SMILES string of the molecule is CCC(CC)C(O)CNC(COC)C1CC1. The minimum absolute atomic E-state index is 0.215. The van der Waals surface area contributed by atoms with Gasteiger partial charge in [0.25, 0.3) is 0 Å². The number of methoxy groups -OCH3 is 1. The molecule has 0 radical (unpaired) electrons. The zero-order valence-corrected chi connectivity index (χ0v) is 10.9. The predicted octanol–water partition coefficient (Wildman–Crippen LogP) is 1.80. The minimum Gasteiger partial charge on any atom is -0.392 e. The van der Waals surface area contributed by atoms with Crippen LogP contribution in [0.4, 0.5) is 0 Å². The third-order valence-electron chi connectivity index (χ3n) is 3.72. The number of rotatable bonds is 9. The maximum absolute atomic E-state index is 10.0. The van der Waals surface area contributed by atoms with Crippen LogP contribution in [0.1, 0.15) is 39.5 Å². The van der Waals surface area contributed by atoms with Crippen molar-refractivity contribution in [3.8, 4) is 0 Å². The molecule has 0 heterocycles. The molecule has 1 aliphatic carbocycles. The second kappa shape index (κ2) is 7.25. The number of ether oxygens (including phenoxy) is 1. The van der Waals surface area contributed by atoms with E-state index in [2.05, 4.69) is 19.2 Å². The highest BCUT2D eigenvalue weighted by Gasteiger charge is 2.31. The average molecular weight is 229 g/mol. The van der Waals surface area contributed by atoms with Gasteiger partial charge in [-0.1, -0.05) is 26.7 Å². The van der Waals surface area contributed by atoms with Crippen molar-refractivity contribution in [2.75, 3.05) is 20.3 Å². The van der Waals surface area contributed by atoms with Gasteiger partial charge in [0.15, 0.2) is 0 Å². The van der Waals surface area contributed by atoms with E-state index in [-0.39, 0.29) is 6.10 Å². The first-order valence-electron chi connectivity index (χ1n) is 6.63. The number of aliphatic hydroxyl groups is 1. The molecule has 0 saturated heterocycles. The highest BCUT2D eigenvalue weighted by atomic mass is 16.5. The second-order valence-corrected chi connectivity index (χ2v) is 4.95. The van der Waals surface area contributed by atoms with Gasteiger partial charge in [-0.15, -0.1) is 0 Å². The molecule has 0 aromatic rings. The molecule has 0 bridgehead atoms. The Morgan fingerprint density at radius 2 is 1.94 bits per heavy atom. The Morgan fingerprint density at radius 1 is 1.31 bits per heavy atom. The van der Waals surface area contributed by atoms with Crippen molar-refractivity contribution in [1.82, 2.24) is 5.32 Å². The molecule has 3 nitrogen and oxygen atoms in total. The van der Waals surface area contributed by atoms with Crippen molar-refractivity contribution < 1.29 is 9.84 Å². The molecular weight excluding hydrogens is 202 g/mol. The highest BCUT2D eigenvalue weighted by molar-refractivity contribution is 4.87. The van der Waals surface area contributed by atoms with E-state index in [9.17, 15) is 5.11 Å². The third kappa shape index (κ3) is 4.40. The second-order valence-electron chi connectivity index (χ2n) is 4.95. The molecular formula is C13H27NO2. The Hall–Kier alpha value is -0.120. The molecule has 0 aromatic carbocycles. The third-order valence-corrected chi connectivity index (χ3v) is 3.72. The summed E-state index contributed by atoms with van der Waals surface area (Å²) in [5, 5.41) is 13.5. The Balaban J connectivity index is 2.24. The molecule has 0 spiro atoms. The average Bonchev–Trinajstić information content (AvgIpc) is 3.09. The van der Waals surface area contributed by atoms with Crippen LogP contribution in [-0.2, 0) is 4.74 Å². The van der Waals surface area contributed by atoms with Gasteiger partial charge >= 0.3 is 0 Å². The van der Waals surface area contributed by atoms with Crippen LogP contribution >= 0.6 is 0 Å². The molecule has 2 N–H and O–H groups in total. The molecule has 16 heavy (non-hydrogen) atoms. The molecule has 0 aliphatic heterocycles. The van der Waals surface area contributed by atoms with Crippen molar-refractivity contribution in [2.45, 2.75) is 51.7 Å². The lowest BCUT2D eigenvalue weighted by atomic mass is 9.96. The van der Waals surface area contributed by atoms with Crippen LogP contribution in [0, 0.1) is 11.8 Å². The topological polar surface area (TPSA) is 41.5 Å². The Bertz CT molecular complexity index is 179. The maximum atomic E-state index is 10.0. The molecule has 0 aromatic heterocycles. The van der Waals surface area contributed by atoms with E-state index < -0.39 is 0 Å². The lowest BCUT2D eigenvalue weighted by molar-refractivity contribution is 0.0879. The van der Waals surface area contributed by atoms with Crippen LogP contribution in [0.5, 0.6) is 0 Å². The molecule has 3 heteroatoms. The van der Waals surface area contributed by atoms with Gasteiger partial charge in [-0.2, -0.15) is 0 Å². The van der Waals surface area contributed by atoms with E-state index in [4.69, 9.17) is 4.74 Å². The molecule has 1 aliphatic rings. The fourth-order valence-corrected chi connectivity index (χ4v) is 2.31. The van der Waals surface area contributed by atoms with Gasteiger partial charge in [0, 0.05) is 19.7 Å². The molecule has 96 valence electrons. The Morgan fingerprint density at radius 3 is 2.38 bits per heavy atom. The normalized spacial score (nSPS) is 20.1. The molecule has 1 rings (SSSR count). The highest BCUT2D eigenvalue weighted by Crippen LogP contribution is 2.32. The van der Waals surface area contributed by atoms with E-state index >= 15 is 0 Å². The van der Waals surface area contributed by atoms with Gasteiger partial charge in [0.05, 0.1) is 12.7 Å². The van der Waals surface area contributed by atoms with Crippen molar-refractivity contribution in [3.63, 3.8) is 0 Å². The van der Waals surface area contributed by atoms with Crippen LogP contribution in [0.3, 0.4) is 0 Å². The van der Waals surface area contributed by atoms with Gasteiger partial charge in [-0.3, -0.25) is 0 Å². The molecule has 0 amide bonds. The zero-order valence-electron chi connectivity index (χ0n) is 10.9. The van der Waals surface area contributed by atoms with Crippen LogP contribution in [-0.4, -0.2) is 37.5 Å². The van der Waals surface area contributed by atoms with Gasteiger partial charge in [0.2, 0.25) is 0 Å². The summed E-state index contributed by atoms with van der Waals surface area (Å²) in [4.78, 5) is 0. The summed E-state index contributed by atoms with van der Waals surface area (Å²) in [5.74, 6) is 1.20. The van der Waals surface area contributed by atoms with E-state index in [1.165, 1.54) is 12.8 Å². The number of hydrogen-bond donors (Lipinski definition) is 2. The summed E-state index contributed by atoms with van der Waals surface area (Å²) in [6.45, 7) is 5.76.